The largest absolute Gasteiger partial charge is 1.00 e. The molecule has 0 saturated heterocycles. The standard InChI is InChI=1S/C21H43Cl2Si4.2ClH.Zr/c1-11-14-20(26(7,8)22)24(3,4)18-16-13-17-19(18)25(5,6)21(15-12-2)27(9,10)23;;;/h16,20-21H,11-15H2,1-10H3;2*1H;/q;;;+2/p-2. The summed E-state index contributed by atoms with van der Waals surface area (Å²) in [6, 6.07) is 0. The van der Waals surface area contributed by atoms with Crippen LogP contribution in [0.5, 0.6) is 0 Å². The molecule has 2 unspecified atom stereocenters. The van der Waals surface area contributed by atoms with E-state index in [1.165, 1.54) is 32.1 Å². The topological polar surface area (TPSA) is 0 Å². The minimum Gasteiger partial charge on any atom is -1.00 e. The molecule has 0 saturated carbocycles. The maximum absolute atomic E-state index is 7.17. The zero-order chi connectivity index (χ0) is 22.1. The predicted octanol–water partition coefficient (Wildman–Crippen LogP) is 2.93. The van der Waals surface area contributed by atoms with Gasteiger partial charge < -0.3 is 24.8 Å². The van der Waals surface area contributed by atoms with Crippen LogP contribution in [-0.2, 0) is 24.7 Å². The summed E-state index contributed by atoms with van der Waals surface area (Å²) in [6.45, 7) is 24.8. The molecule has 1 aliphatic carbocycles. The van der Waals surface area contributed by atoms with Crippen molar-refractivity contribution in [3.05, 3.63) is 19.7 Å². The number of allylic oxidation sites excluding steroid dienone is 4. The van der Waals surface area contributed by atoms with Crippen LogP contribution in [0.25, 0.3) is 0 Å². The fourth-order valence-corrected chi connectivity index (χ4v) is 39.1. The van der Waals surface area contributed by atoms with Gasteiger partial charge in [-0.15, -0.1) is 0 Å². The van der Waals surface area contributed by atoms with E-state index < -0.39 is 30.9 Å². The van der Waals surface area contributed by atoms with E-state index in [1.807, 2.05) is 5.20 Å². The molecule has 0 amide bonds. The first-order chi connectivity index (χ1) is 12.5. The van der Waals surface area contributed by atoms with E-state index in [0.29, 0.717) is 0 Å². The molecule has 0 aromatic rings. The van der Waals surface area contributed by atoms with Crippen molar-refractivity contribution in [1.29, 1.82) is 0 Å². The normalized spacial score (nSPS) is 17.9. The first-order valence-corrected chi connectivity index (χ1v) is 26.6. The molecule has 0 radical (unpaired) electrons. The van der Waals surface area contributed by atoms with Crippen molar-refractivity contribution >= 4 is 53.1 Å². The molecule has 0 aliphatic heterocycles. The first kappa shape index (κ1) is 34.6. The van der Waals surface area contributed by atoms with Gasteiger partial charge >= 0.3 is 206 Å². The van der Waals surface area contributed by atoms with Crippen LogP contribution in [0.15, 0.2) is 19.7 Å². The average Bonchev–Trinajstić information content (AvgIpc) is 2.90. The molecule has 0 aromatic heterocycles. The fourth-order valence-electron chi connectivity index (χ4n) is 5.96. The molecule has 0 bridgehead atoms. The molecule has 0 heterocycles. The van der Waals surface area contributed by atoms with E-state index in [0.717, 1.165) is 10.3 Å². The van der Waals surface area contributed by atoms with Gasteiger partial charge in [-0.1, -0.05) is 0 Å². The zero-order valence-electron chi connectivity index (χ0n) is 20.8. The molecule has 2 atom stereocenters. The quantitative estimate of drug-likeness (QED) is 0.255. The summed E-state index contributed by atoms with van der Waals surface area (Å²) >= 11 is 16.0. The van der Waals surface area contributed by atoms with Crippen molar-refractivity contribution in [2.24, 2.45) is 0 Å². The maximum atomic E-state index is 7.17. The van der Waals surface area contributed by atoms with Gasteiger partial charge in [-0.3, -0.25) is 0 Å². The summed E-state index contributed by atoms with van der Waals surface area (Å²) in [5, 5.41) is 5.13. The molecular formula is C21H43Cl4Si4Zr. The Kier molecular flexibility index (Phi) is 14.9. The Morgan fingerprint density at radius 2 is 1.17 bits per heavy atom. The number of halogens is 4. The van der Waals surface area contributed by atoms with E-state index in [9.17, 15) is 0 Å². The van der Waals surface area contributed by atoms with Crippen molar-refractivity contribution in [2.75, 3.05) is 0 Å². The molecule has 0 aromatic carbocycles. The van der Waals surface area contributed by atoms with Gasteiger partial charge in [-0.2, -0.15) is 0 Å². The molecule has 0 fully saturated rings. The third kappa shape index (κ3) is 7.97. The van der Waals surface area contributed by atoms with Crippen LogP contribution >= 0.6 is 22.2 Å². The number of hydrogen-bond acceptors (Lipinski definition) is 0. The second-order valence-corrected chi connectivity index (χ2v) is 36.4. The fraction of sp³-hybridized carbons (Fsp3) is 0.810. The second-order valence-electron chi connectivity index (χ2n) is 10.9. The van der Waals surface area contributed by atoms with Crippen molar-refractivity contribution in [3.63, 3.8) is 0 Å². The summed E-state index contributed by atoms with van der Waals surface area (Å²) in [4.78, 5) is 0. The Labute approximate surface area is 228 Å². The van der Waals surface area contributed by atoms with E-state index >= 15 is 0 Å². The van der Waals surface area contributed by atoms with Crippen LogP contribution in [0.2, 0.25) is 62.7 Å². The average molecular weight is 641 g/mol. The van der Waals surface area contributed by atoms with Gasteiger partial charge in [0.15, 0.2) is 0 Å². The Bertz CT molecular complexity index is 619. The van der Waals surface area contributed by atoms with Gasteiger partial charge in [0.2, 0.25) is 0 Å². The molecule has 0 nitrogen and oxygen atoms in total. The molecular weight excluding hydrogens is 598 g/mol. The Hall–Kier alpha value is 2.39. The van der Waals surface area contributed by atoms with E-state index in [-0.39, 0.29) is 24.8 Å². The monoisotopic (exact) mass is 637 g/mol. The van der Waals surface area contributed by atoms with Gasteiger partial charge in [0.05, 0.1) is 0 Å². The van der Waals surface area contributed by atoms with Crippen molar-refractivity contribution in [2.45, 2.75) is 109 Å². The van der Waals surface area contributed by atoms with Crippen LogP contribution in [0.3, 0.4) is 0 Å². The Balaban J connectivity index is 0. The van der Waals surface area contributed by atoms with Gasteiger partial charge in [0.25, 0.3) is 0 Å². The van der Waals surface area contributed by atoms with Gasteiger partial charge in [0.1, 0.15) is 0 Å². The van der Waals surface area contributed by atoms with Gasteiger partial charge in [-0.25, -0.2) is 0 Å². The van der Waals surface area contributed by atoms with Gasteiger partial charge in [-0.05, 0) is 0 Å². The molecule has 30 heavy (non-hydrogen) atoms. The van der Waals surface area contributed by atoms with E-state index in [2.05, 4.69) is 72.3 Å². The minimum absolute atomic E-state index is 0. The Morgan fingerprint density at radius 1 is 0.800 bits per heavy atom. The summed E-state index contributed by atoms with van der Waals surface area (Å²) in [5.74, 6) is 0. The van der Waals surface area contributed by atoms with E-state index in [4.69, 9.17) is 22.2 Å². The van der Waals surface area contributed by atoms with Crippen LogP contribution in [0.1, 0.15) is 46.0 Å². The van der Waals surface area contributed by atoms with Crippen LogP contribution in [0, 0.1) is 0 Å². The molecule has 0 N–H and O–H groups in total. The van der Waals surface area contributed by atoms with Gasteiger partial charge in [0, 0.05) is 0 Å². The van der Waals surface area contributed by atoms with Crippen molar-refractivity contribution in [1.82, 2.24) is 0 Å². The zero-order valence-corrected chi connectivity index (χ0v) is 30.3. The third-order valence-electron chi connectivity index (χ3n) is 6.97. The summed E-state index contributed by atoms with van der Waals surface area (Å²) in [5.41, 5.74) is 0. The number of hydrogen-bond donors (Lipinski definition) is 0. The summed E-state index contributed by atoms with van der Waals surface area (Å²) < 4.78 is 1.74. The van der Waals surface area contributed by atoms with Crippen LogP contribution < -0.4 is 24.8 Å². The van der Waals surface area contributed by atoms with Crippen molar-refractivity contribution < 1.29 is 49.5 Å². The molecule has 175 valence electrons. The molecule has 1 rings (SSSR count). The van der Waals surface area contributed by atoms with E-state index in [1.54, 1.807) is 33.2 Å². The smallest absolute Gasteiger partial charge is 1.00 e. The molecule has 9 heteroatoms. The molecule has 0 spiro atoms. The maximum Gasteiger partial charge on any atom is -1.00 e. The second kappa shape index (κ2) is 12.9. The van der Waals surface area contributed by atoms with Crippen LogP contribution in [0.4, 0.5) is 0 Å². The summed E-state index contributed by atoms with van der Waals surface area (Å²) in [6.07, 6.45) is 8.95. The Morgan fingerprint density at radius 3 is 1.50 bits per heavy atom. The minimum atomic E-state index is -1.73. The molecule has 1 aliphatic rings. The van der Waals surface area contributed by atoms with Crippen molar-refractivity contribution in [3.8, 4) is 0 Å². The summed E-state index contributed by atoms with van der Waals surface area (Å²) in [7, 11) is -6.75. The SMILES string of the molecule is CCCC([Si](C)(C)Cl)[Si](C)(C)C1=CC[C]([Zr+2])=C1[Si](C)(C)C(CCC)[Si](C)(C)Cl.[Cl-].[Cl-]. The van der Waals surface area contributed by atoms with Crippen LogP contribution in [-0.4, -0.2) is 30.9 Å². The number of rotatable bonds is 10. The first-order valence-electron chi connectivity index (χ1n) is 11.1. The third-order valence-corrected chi connectivity index (χ3v) is 31.9. The predicted molar refractivity (Wildman–Crippen MR) is 139 cm³/mol.